The van der Waals surface area contributed by atoms with Gasteiger partial charge in [-0.3, -0.25) is 9.48 Å². The largest absolute Gasteiger partial charge is 0.324 e. The number of halogens is 1. The number of aromatic nitrogens is 2. The lowest BCUT2D eigenvalue weighted by atomic mass is 9.87. The van der Waals surface area contributed by atoms with Crippen LogP contribution in [0.4, 0.5) is 5.69 Å². The van der Waals surface area contributed by atoms with E-state index in [0.29, 0.717) is 31.6 Å². The van der Waals surface area contributed by atoms with Gasteiger partial charge in [0.15, 0.2) is 0 Å². The fourth-order valence-electron chi connectivity index (χ4n) is 3.12. The molecule has 1 aliphatic heterocycles. The molecular weight excluding hydrogens is 390 g/mol. The molecule has 0 bridgehead atoms. The fraction of sp³-hybridized carbons (Fsp3) is 0.412. The molecule has 2 aromatic rings. The second kappa shape index (κ2) is 8.39. The first-order chi connectivity index (χ1) is 12.4. The number of nitrogens with one attached hydrogen (secondary N) is 2. The minimum Gasteiger partial charge on any atom is -0.324 e. The van der Waals surface area contributed by atoms with Crippen LogP contribution < -0.4 is 10.6 Å². The highest BCUT2D eigenvalue weighted by Gasteiger charge is 2.42. The van der Waals surface area contributed by atoms with Gasteiger partial charge in [0.25, 0.3) is 5.91 Å². The lowest BCUT2D eigenvalue weighted by Gasteiger charge is -2.36. The molecule has 2 N–H and O–H groups in total. The second-order valence-corrected chi connectivity index (χ2v) is 8.65. The van der Waals surface area contributed by atoms with Crippen LogP contribution in [0.15, 0.2) is 47.6 Å². The molecule has 8 nitrogen and oxygen atoms in total. The number of carbonyl (C=O) groups excluding carboxylic acids is 1. The van der Waals surface area contributed by atoms with Gasteiger partial charge in [-0.25, -0.2) is 12.7 Å². The first-order valence-corrected chi connectivity index (χ1v) is 9.85. The van der Waals surface area contributed by atoms with Crippen molar-refractivity contribution in [2.45, 2.75) is 23.3 Å². The van der Waals surface area contributed by atoms with Gasteiger partial charge in [-0.2, -0.15) is 5.10 Å². The van der Waals surface area contributed by atoms with Gasteiger partial charge >= 0.3 is 0 Å². The topological polar surface area (TPSA) is 96.3 Å². The molecule has 0 saturated carbocycles. The molecule has 0 spiro atoms. The van der Waals surface area contributed by atoms with Gasteiger partial charge in [0.1, 0.15) is 5.54 Å². The van der Waals surface area contributed by atoms with Gasteiger partial charge in [0, 0.05) is 32.2 Å². The number of hydrogen-bond acceptors (Lipinski definition) is 5. The van der Waals surface area contributed by atoms with Crippen LogP contribution in [0.25, 0.3) is 0 Å². The molecule has 1 saturated heterocycles. The van der Waals surface area contributed by atoms with Gasteiger partial charge in [-0.1, -0.05) is 6.07 Å². The van der Waals surface area contributed by atoms with Crippen LogP contribution in [0.3, 0.4) is 0 Å². The van der Waals surface area contributed by atoms with Gasteiger partial charge in [0.05, 0.1) is 4.90 Å². The van der Waals surface area contributed by atoms with E-state index in [4.69, 9.17) is 0 Å². The maximum absolute atomic E-state index is 13.1. The lowest BCUT2D eigenvalue weighted by molar-refractivity contribution is -0.126. The molecule has 1 amide bonds. The molecular formula is C17H24ClN5O3S. The lowest BCUT2D eigenvalue weighted by Crippen LogP contribution is -2.52. The number of anilines is 1. The third kappa shape index (κ3) is 4.16. The van der Waals surface area contributed by atoms with Crippen molar-refractivity contribution in [2.75, 3.05) is 32.5 Å². The number of carbonyl (C=O) groups is 1. The Bertz CT molecular complexity index is 878. The highest BCUT2D eigenvalue weighted by molar-refractivity contribution is 7.89. The summed E-state index contributed by atoms with van der Waals surface area (Å²) >= 11 is 0. The summed E-state index contributed by atoms with van der Waals surface area (Å²) in [6.45, 7) is 1.42. The summed E-state index contributed by atoms with van der Waals surface area (Å²) in [6, 6.07) is 8.09. The zero-order chi connectivity index (χ0) is 18.8. The summed E-state index contributed by atoms with van der Waals surface area (Å²) in [5.74, 6) is -0.192. The Morgan fingerprint density at radius 3 is 2.56 bits per heavy atom. The average molecular weight is 414 g/mol. The SMILES string of the molecule is CN(C)S(=O)(=O)c1cccc(NC(=O)C2(n3cccn3)CCNCC2)c1.Cl. The Balaban J connectivity index is 0.00000261. The standard InChI is InChI=1S/C17H23N5O3S.ClH/c1-21(2)26(24,25)15-6-3-5-14(13-15)20-16(23)17(7-10-18-11-8-17)22-12-4-9-19-22;/h3-6,9,12-13,18H,7-8,10-11H2,1-2H3,(H,20,23);1H. The van der Waals surface area contributed by atoms with Crippen LogP contribution >= 0.6 is 12.4 Å². The maximum atomic E-state index is 13.1. The van der Waals surface area contributed by atoms with Crippen molar-refractivity contribution < 1.29 is 13.2 Å². The number of rotatable bonds is 5. The summed E-state index contributed by atoms with van der Waals surface area (Å²) in [7, 11) is -0.615. The van der Waals surface area contributed by atoms with E-state index in [2.05, 4.69) is 15.7 Å². The molecule has 1 aromatic carbocycles. The smallest absolute Gasteiger partial charge is 0.252 e. The number of benzene rings is 1. The molecule has 3 rings (SSSR count). The van der Waals surface area contributed by atoms with E-state index in [9.17, 15) is 13.2 Å². The van der Waals surface area contributed by atoms with Crippen molar-refractivity contribution in [3.05, 3.63) is 42.7 Å². The first kappa shape index (κ1) is 21.4. The minimum absolute atomic E-state index is 0. The van der Waals surface area contributed by atoms with E-state index < -0.39 is 15.6 Å². The Kier molecular flexibility index (Phi) is 6.63. The highest BCUT2D eigenvalue weighted by Crippen LogP contribution is 2.29. The summed E-state index contributed by atoms with van der Waals surface area (Å²) in [4.78, 5) is 13.3. The summed E-state index contributed by atoms with van der Waals surface area (Å²) < 4.78 is 27.5. The number of sulfonamides is 1. The van der Waals surface area contributed by atoms with Crippen LogP contribution in [0.5, 0.6) is 0 Å². The first-order valence-electron chi connectivity index (χ1n) is 8.41. The van der Waals surface area contributed by atoms with Gasteiger partial charge in [0.2, 0.25) is 10.0 Å². The Morgan fingerprint density at radius 1 is 1.26 bits per heavy atom. The van der Waals surface area contributed by atoms with Crippen molar-refractivity contribution in [1.29, 1.82) is 0 Å². The molecule has 1 aromatic heterocycles. The maximum Gasteiger partial charge on any atom is 0.252 e. The van der Waals surface area contributed by atoms with E-state index in [1.807, 2.05) is 0 Å². The molecule has 0 atom stereocenters. The van der Waals surface area contributed by atoms with Crippen LogP contribution in [-0.4, -0.2) is 55.6 Å². The quantitative estimate of drug-likeness (QED) is 0.769. The Labute approximate surface area is 165 Å². The summed E-state index contributed by atoms with van der Waals surface area (Å²) in [5, 5.41) is 10.4. The average Bonchev–Trinajstić information content (AvgIpc) is 3.17. The molecule has 0 radical (unpaired) electrons. The van der Waals surface area contributed by atoms with E-state index in [0.717, 1.165) is 4.31 Å². The summed E-state index contributed by atoms with van der Waals surface area (Å²) in [5.41, 5.74) is -0.339. The summed E-state index contributed by atoms with van der Waals surface area (Å²) in [6.07, 6.45) is 4.66. The van der Waals surface area contributed by atoms with E-state index in [1.165, 1.54) is 26.2 Å². The van der Waals surface area contributed by atoms with Crippen molar-refractivity contribution in [3.8, 4) is 0 Å². The number of nitrogens with zero attached hydrogens (tertiary/aromatic N) is 3. The molecule has 27 heavy (non-hydrogen) atoms. The van der Waals surface area contributed by atoms with Crippen LogP contribution in [0.1, 0.15) is 12.8 Å². The van der Waals surface area contributed by atoms with E-state index in [-0.39, 0.29) is 23.2 Å². The highest BCUT2D eigenvalue weighted by atomic mass is 35.5. The number of hydrogen-bond donors (Lipinski definition) is 2. The van der Waals surface area contributed by atoms with Crippen molar-refractivity contribution in [1.82, 2.24) is 19.4 Å². The molecule has 2 heterocycles. The normalized spacial score (nSPS) is 16.6. The van der Waals surface area contributed by atoms with Crippen molar-refractivity contribution >= 4 is 34.0 Å². The molecule has 0 aliphatic carbocycles. The molecule has 1 fully saturated rings. The molecule has 10 heteroatoms. The van der Waals surface area contributed by atoms with Crippen LogP contribution in [-0.2, 0) is 20.4 Å². The molecule has 0 unspecified atom stereocenters. The van der Waals surface area contributed by atoms with Gasteiger partial charge < -0.3 is 10.6 Å². The Morgan fingerprint density at radius 2 is 1.96 bits per heavy atom. The van der Waals surface area contributed by atoms with Gasteiger partial charge in [-0.15, -0.1) is 12.4 Å². The zero-order valence-corrected chi connectivity index (χ0v) is 16.9. The van der Waals surface area contributed by atoms with Crippen LogP contribution in [0, 0.1) is 0 Å². The third-order valence-electron chi connectivity index (χ3n) is 4.67. The number of amides is 1. The Hall–Kier alpha value is -1.94. The van der Waals surface area contributed by atoms with E-state index in [1.54, 1.807) is 35.3 Å². The fourth-order valence-corrected chi connectivity index (χ4v) is 4.06. The molecule has 1 aliphatic rings. The zero-order valence-electron chi connectivity index (χ0n) is 15.3. The van der Waals surface area contributed by atoms with Gasteiger partial charge in [-0.05, 0) is 50.2 Å². The second-order valence-electron chi connectivity index (χ2n) is 6.50. The predicted molar refractivity (Wildman–Crippen MR) is 105 cm³/mol. The van der Waals surface area contributed by atoms with Crippen molar-refractivity contribution in [3.63, 3.8) is 0 Å². The van der Waals surface area contributed by atoms with Crippen molar-refractivity contribution in [2.24, 2.45) is 0 Å². The minimum atomic E-state index is -3.56. The van der Waals surface area contributed by atoms with Crippen LogP contribution in [0.2, 0.25) is 0 Å². The number of piperidine rings is 1. The monoisotopic (exact) mass is 413 g/mol. The van der Waals surface area contributed by atoms with E-state index >= 15 is 0 Å². The third-order valence-corrected chi connectivity index (χ3v) is 6.48. The molecule has 148 valence electrons. The predicted octanol–water partition coefficient (Wildman–Crippen LogP) is 1.27.